The molecular weight excluding hydrogens is 653 g/mol. The van der Waals surface area contributed by atoms with E-state index < -0.39 is 0 Å². The molecule has 2 aliphatic rings. The van der Waals surface area contributed by atoms with Crippen molar-refractivity contribution in [2.24, 2.45) is 39.4 Å². The molecule has 1 aromatic heterocycles. The van der Waals surface area contributed by atoms with Crippen molar-refractivity contribution in [3.05, 3.63) is 102 Å². The lowest BCUT2D eigenvalue weighted by Crippen LogP contribution is -2.31. The number of rotatable bonds is 6. The van der Waals surface area contributed by atoms with Crippen LogP contribution in [0.15, 0.2) is 85.1 Å². The minimum Gasteiger partial charge on any atom is -0.370 e. The molecule has 2 heteroatoms. The molecule has 0 amide bonds. The third-order valence-corrected chi connectivity index (χ3v) is 11.8. The average Bonchev–Trinajstić information content (AvgIpc) is 3.68. The van der Waals surface area contributed by atoms with E-state index in [1.165, 1.54) is 91.2 Å². The van der Waals surface area contributed by atoms with Crippen LogP contribution in [0.3, 0.4) is 0 Å². The van der Waals surface area contributed by atoms with Crippen molar-refractivity contribution in [1.29, 1.82) is 0 Å². The van der Waals surface area contributed by atoms with E-state index in [0.717, 1.165) is 30.7 Å². The second kappa shape index (κ2) is 20.2. The van der Waals surface area contributed by atoms with Crippen LogP contribution in [0.2, 0.25) is 0 Å². The highest BCUT2D eigenvalue weighted by molar-refractivity contribution is 5.83. The van der Waals surface area contributed by atoms with Gasteiger partial charge >= 0.3 is 0 Å². The van der Waals surface area contributed by atoms with Gasteiger partial charge in [-0.25, -0.2) is 0 Å². The predicted octanol–water partition coefficient (Wildman–Crippen LogP) is 15.4. The lowest BCUT2D eigenvalue weighted by Gasteiger charge is -2.32. The molecule has 0 radical (unpaired) electrons. The molecule has 1 N–H and O–H groups in total. The first-order valence-corrected chi connectivity index (χ1v) is 21.5. The van der Waals surface area contributed by atoms with Crippen molar-refractivity contribution < 1.29 is 0 Å². The number of nitrogens with one attached hydrogen (secondary N) is 1. The van der Waals surface area contributed by atoms with Gasteiger partial charge < -0.3 is 9.88 Å². The highest BCUT2D eigenvalue weighted by Crippen LogP contribution is 2.36. The molecule has 1 saturated carbocycles. The van der Waals surface area contributed by atoms with Crippen molar-refractivity contribution >= 4 is 16.6 Å². The van der Waals surface area contributed by atoms with Crippen molar-refractivity contribution in [3.63, 3.8) is 0 Å². The summed E-state index contributed by atoms with van der Waals surface area (Å²) >= 11 is 0. The Bertz CT molecular complexity index is 1610. The average molecular weight is 735 g/mol. The molecule has 2 unspecified atom stereocenters. The Labute approximate surface area is 334 Å². The van der Waals surface area contributed by atoms with Crippen molar-refractivity contribution in [2.45, 2.75) is 155 Å². The maximum atomic E-state index is 3.31. The van der Waals surface area contributed by atoms with Gasteiger partial charge in [0, 0.05) is 35.9 Å². The van der Waals surface area contributed by atoms with Crippen LogP contribution in [-0.4, -0.2) is 18.1 Å². The summed E-state index contributed by atoms with van der Waals surface area (Å²) in [6.07, 6.45) is 14.6. The number of H-pyrrole nitrogens is 1. The second-order valence-corrected chi connectivity index (χ2v) is 21.4. The summed E-state index contributed by atoms with van der Waals surface area (Å²) < 4.78 is 0. The van der Waals surface area contributed by atoms with E-state index in [0.29, 0.717) is 21.7 Å². The summed E-state index contributed by atoms with van der Waals surface area (Å²) in [5, 5.41) is 1.36. The number of nitrogens with zero attached hydrogens (tertiary/aromatic N) is 1. The normalized spacial score (nSPS) is 16.2. The molecule has 54 heavy (non-hydrogen) atoms. The molecule has 1 fully saturated rings. The Morgan fingerprint density at radius 1 is 0.648 bits per heavy atom. The van der Waals surface area contributed by atoms with Crippen LogP contribution < -0.4 is 4.90 Å². The molecule has 6 rings (SSSR count). The van der Waals surface area contributed by atoms with E-state index in [1.807, 2.05) is 0 Å². The largest absolute Gasteiger partial charge is 0.370 e. The van der Waals surface area contributed by atoms with Gasteiger partial charge in [-0.1, -0.05) is 196 Å². The van der Waals surface area contributed by atoms with Crippen molar-refractivity contribution in [3.8, 4) is 0 Å². The fourth-order valence-electron chi connectivity index (χ4n) is 7.54. The molecule has 2 nitrogen and oxygen atoms in total. The Hall–Kier alpha value is -3.00. The molecule has 4 aromatic rings. The highest BCUT2D eigenvalue weighted by atomic mass is 15.2. The van der Waals surface area contributed by atoms with Crippen LogP contribution in [0.1, 0.15) is 152 Å². The van der Waals surface area contributed by atoms with E-state index in [9.17, 15) is 0 Å². The van der Waals surface area contributed by atoms with Crippen LogP contribution in [-0.2, 0) is 19.3 Å². The monoisotopic (exact) mass is 735 g/mol. The zero-order valence-corrected chi connectivity index (χ0v) is 37.5. The molecular formula is C52H82N2. The van der Waals surface area contributed by atoms with E-state index in [-0.39, 0.29) is 0 Å². The van der Waals surface area contributed by atoms with Crippen LogP contribution in [0.5, 0.6) is 0 Å². The molecule has 300 valence electrons. The van der Waals surface area contributed by atoms with Gasteiger partial charge in [-0.05, 0) is 93.9 Å². The molecule has 1 aliphatic heterocycles. The first kappa shape index (κ1) is 45.4. The lowest BCUT2D eigenvalue weighted by molar-refractivity contribution is 0.191. The van der Waals surface area contributed by atoms with Gasteiger partial charge in [0.1, 0.15) is 0 Å². The number of fused-ring (bicyclic) bond motifs is 2. The first-order chi connectivity index (χ1) is 25.1. The van der Waals surface area contributed by atoms with Crippen LogP contribution in [0.25, 0.3) is 10.9 Å². The molecule has 0 bridgehead atoms. The SMILES string of the molecule is CC(C)(C)CN1CCc2ccccc21.CC(C)(C)Cc1c[nH]c2ccccc12.CC(CC1CCCCC1)C(C)(C)C.CC(Cc1ccccc1)C(C)(C)C. The maximum Gasteiger partial charge on any atom is 0.0456 e. The third-order valence-electron chi connectivity index (χ3n) is 11.8. The number of aromatic amines is 1. The van der Waals surface area contributed by atoms with Gasteiger partial charge in [0.25, 0.3) is 0 Å². The Kier molecular flexibility index (Phi) is 17.0. The van der Waals surface area contributed by atoms with Gasteiger partial charge in [-0.2, -0.15) is 0 Å². The zero-order valence-electron chi connectivity index (χ0n) is 37.5. The van der Waals surface area contributed by atoms with Crippen LogP contribution in [0.4, 0.5) is 5.69 Å². The van der Waals surface area contributed by atoms with Gasteiger partial charge in [0.05, 0.1) is 0 Å². The smallest absolute Gasteiger partial charge is 0.0456 e. The topological polar surface area (TPSA) is 19.0 Å². The fraction of sp³-hybridized carbons (Fsp3) is 0.615. The summed E-state index contributed by atoms with van der Waals surface area (Å²) in [6, 6.07) is 28.0. The third kappa shape index (κ3) is 16.4. The fourth-order valence-corrected chi connectivity index (χ4v) is 7.54. The Morgan fingerprint density at radius 2 is 1.22 bits per heavy atom. The van der Waals surface area contributed by atoms with E-state index in [2.05, 4.69) is 192 Å². The second-order valence-electron chi connectivity index (χ2n) is 21.4. The van der Waals surface area contributed by atoms with Gasteiger partial charge in [-0.3, -0.25) is 0 Å². The number of hydrogen-bond acceptors (Lipinski definition) is 1. The molecule has 3 aromatic carbocycles. The molecule has 1 aliphatic carbocycles. The Balaban J connectivity index is 0.000000194. The Morgan fingerprint density at radius 3 is 1.81 bits per heavy atom. The number of anilines is 1. The van der Waals surface area contributed by atoms with Gasteiger partial charge in [0.2, 0.25) is 0 Å². The molecule has 2 heterocycles. The molecule has 0 saturated heterocycles. The van der Waals surface area contributed by atoms with Crippen LogP contribution in [0, 0.1) is 39.4 Å². The number of benzene rings is 3. The van der Waals surface area contributed by atoms with Crippen molar-refractivity contribution in [1.82, 2.24) is 4.98 Å². The lowest BCUT2D eigenvalue weighted by atomic mass is 9.74. The maximum absolute atomic E-state index is 3.31. The summed E-state index contributed by atoms with van der Waals surface area (Å²) in [5.74, 6) is 2.66. The van der Waals surface area contributed by atoms with Crippen molar-refractivity contribution in [2.75, 3.05) is 18.0 Å². The minimum atomic E-state index is 0.352. The van der Waals surface area contributed by atoms with E-state index in [4.69, 9.17) is 0 Å². The minimum absolute atomic E-state index is 0.352. The highest BCUT2D eigenvalue weighted by Gasteiger charge is 2.25. The predicted molar refractivity (Wildman–Crippen MR) is 242 cm³/mol. The van der Waals surface area contributed by atoms with Gasteiger partial charge in [0.15, 0.2) is 0 Å². The quantitative estimate of drug-likeness (QED) is 0.209. The summed E-state index contributed by atoms with van der Waals surface area (Å²) in [4.78, 5) is 5.82. The molecule has 2 atom stereocenters. The summed E-state index contributed by atoms with van der Waals surface area (Å²) in [6.45, 7) is 34.9. The standard InChI is InChI=1S/C13H17N.C13H19N.C13H26.C13H20/c1-13(2,3)8-10-9-14-12-7-5-4-6-11(10)12;1-13(2,3)10-14-9-8-11-6-4-5-7-12(11)14;2*1-11(13(2,3)4)10-12-8-6-5-7-9-12/h4-7,9,14H,8H2,1-3H3;4-7H,8-10H2,1-3H3;11-12H,5-10H2,1-4H3;5-9,11H,10H2,1-4H3. The van der Waals surface area contributed by atoms with Gasteiger partial charge in [-0.15, -0.1) is 0 Å². The number of aromatic nitrogens is 1. The van der Waals surface area contributed by atoms with E-state index >= 15 is 0 Å². The summed E-state index contributed by atoms with van der Waals surface area (Å²) in [5.41, 5.74) is 8.74. The van der Waals surface area contributed by atoms with Crippen LogP contribution >= 0.6 is 0 Å². The van der Waals surface area contributed by atoms with E-state index in [1.54, 1.807) is 0 Å². The number of hydrogen-bond donors (Lipinski definition) is 1. The molecule has 0 spiro atoms. The number of para-hydroxylation sites is 2. The first-order valence-electron chi connectivity index (χ1n) is 21.5. The zero-order chi connectivity index (χ0) is 40.2. The summed E-state index contributed by atoms with van der Waals surface area (Å²) in [7, 11) is 0.